The van der Waals surface area contributed by atoms with Crippen molar-refractivity contribution in [2.75, 3.05) is 51.1 Å². The van der Waals surface area contributed by atoms with Crippen LogP contribution in [0.15, 0.2) is 36.9 Å². The Hall–Kier alpha value is -3.02. The van der Waals surface area contributed by atoms with E-state index >= 15 is 0 Å². The number of aromatic nitrogens is 2. The average molecular weight is 605 g/mol. The Balaban J connectivity index is 2.02. The van der Waals surface area contributed by atoms with Gasteiger partial charge in [0.1, 0.15) is 37.4 Å². The fraction of sp³-hybridized carbons (Fsp3) is 0.500. The van der Waals surface area contributed by atoms with Gasteiger partial charge in [0.05, 0.1) is 37.9 Å². The lowest BCUT2D eigenvalue weighted by atomic mass is 9.98. The number of fused-ring (bicyclic) bond motifs is 3. The van der Waals surface area contributed by atoms with Crippen LogP contribution in [-0.4, -0.2) is 89.0 Å². The van der Waals surface area contributed by atoms with Crippen molar-refractivity contribution >= 4 is 32.2 Å². The molecule has 14 nitrogen and oxygen atoms in total. The van der Waals surface area contributed by atoms with Crippen molar-refractivity contribution in [2.24, 2.45) is 0 Å². The normalized spacial score (nSPS) is 15.9. The maximum Gasteiger partial charge on any atom is 0.344 e. The predicted molar refractivity (Wildman–Crippen MR) is 137 cm³/mol. The summed E-state index contributed by atoms with van der Waals surface area (Å²) in [6.45, 7) is 0.967. The monoisotopic (exact) mass is 604 g/mol. The predicted octanol–water partition coefficient (Wildman–Crippen LogP) is -0.155. The number of nitrogens with zero attached hydrogens (tertiary/aromatic N) is 2. The molecule has 0 fully saturated rings. The van der Waals surface area contributed by atoms with E-state index in [2.05, 4.69) is 0 Å². The number of hydrogen-bond acceptors (Lipinski definition) is 10. The lowest BCUT2D eigenvalue weighted by Crippen LogP contribution is -2.36. The number of hydrogen-bond donors (Lipinski definition) is 2. The van der Waals surface area contributed by atoms with Gasteiger partial charge in [0.15, 0.2) is 24.8 Å². The first-order valence-electron chi connectivity index (χ1n) is 12.4. The summed E-state index contributed by atoms with van der Waals surface area (Å²) >= 11 is 0. The Kier molecular flexibility index (Phi) is 11.5. The molecule has 2 N–H and O–H groups in total. The molecule has 0 aliphatic carbocycles. The lowest BCUT2D eigenvalue weighted by molar-refractivity contribution is -0.697. The van der Waals surface area contributed by atoms with E-state index in [4.69, 9.17) is 28.1 Å². The van der Waals surface area contributed by atoms with Crippen LogP contribution < -0.4 is 9.13 Å². The third-order valence-electron chi connectivity index (χ3n) is 5.70. The van der Waals surface area contributed by atoms with Crippen molar-refractivity contribution in [3.8, 4) is 11.1 Å². The Morgan fingerprint density at radius 1 is 0.625 bits per heavy atom. The largest absolute Gasteiger partial charge is 0.459 e. The first-order valence-corrected chi connectivity index (χ1v) is 15.6. The van der Waals surface area contributed by atoms with Gasteiger partial charge in [-0.2, -0.15) is 16.8 Å². The van der Waals surface area contributed by atoms with Crippen molar-refractivity contribution in [3.05, 3.63) is 48.0 Å². The molecular weight excluding hydrogens is 572 g/mol. The second kappa shape index (κ2) is 14.6. The molecule has 0 saturated carbocycles. The van der Waals surface area contributed by atoms with E-state index in [9.17, 15) is 26.4 Å². The van der Waals surface area contributed by atoms with Gasteiger partial charge in [-0.25, -0.2) is 18.7 Å². The summed E-state index contributed by atoms with van der Waals surface area (Å²) in [4.78, 5) is 26.2. The molecule has 3 rings (SSSR count). The Morgan fingerprint density at radius 3 is 1.38 bits per heavy atom. The van der Waals surface area contributed by atoms with Gasteiger partial charge in [0.2, 0.25) is 0 Å². The molecule has 40 heavy (non-hydrogen) atoms. The van der Waals surface area contributed by atoms with Gasteiger partial charge in [-0.05, 0) is 0 Å². The van der Waals surface area contributed by atoms with Crippen LogP contribution in [0.3, 0.4) is 0 Å². The quantitative estimate of drug-likeness (QED) is 0.231. The van der Waals surface area contributed by atoms with Crippen LogP contribution in [0.25, 0.3) is 11.1 Å². The van der Waals surface area contributed by atoms with Gasteiger partial charge < -0.3 is 18.9 Å². The van der Waals surface area contributed by atoms with E-state index in [1.165, 1.54) is 12.4 Å². The van der Waals surface area contributed by atoms with Crippen LogP contribution >= 0.6 is 0 Å². The topological polar surface area (TPSA) is 188 Å². The Morgan fingerprint density at radius 2 is 1.00 bits per heavy atom. The maximum atomic E-state index is 13.1. The third kappa shape index (κ3) is 10.5. The van der Waals surface area contributed by atoms with Crippen LogP contribution in [0.5, 0.6) is 0 Å². The van der Waals surface area contributed by atoms with Crippen molar-refractivity contribution in [1.29, 1.82) is 0 Å². The second-order valence-electron chi connectivity index (χ2n) is 8.80. The van der Waals surface area contributed by atoms with Crippen molar-refractivity contribution in [2.45, 2.75) is 25.9 Å². The number of ether oxygens (including phenoxy) is 4. The molecule has 0 radical (unpaired) electrons. The summed E-state index contributed by atoms with van der Waals surface area (Å²) < 4.78 is 87.0. The van der Waals surface area contributed by atoms with Crippen molar-refractivity contribution in [1.82, 2.24) is 0 Å². The van der Waals surface area contributed by atoms with Crippen LogP contribution in [0.1, 0.15) is 33.6 Å². The van der Waals surface area contributed by atoms with E-state index in [-0.39, 0.29) is 76.7 Å². The fourth-order valence-electron chi connectivity index (χ4n) is 3.87. The van der Waals surface area contributed by atoms with E-state index in [1.807, 2.05) is 0 Å². The summed E-state index contributed by atoms with van der Waals surface area (Å²) in [5, 5.41) is 0. The van der Waals surface area contributed by atoms with E-state index in [1.54, 1.807) is 33.7 Å². The van der Waals surface area contributed by atoms with Crippen LogP contribution in [-0.2, 0) is 52.3 Å². The number of carbonyl (C=O) groups is 2. The zero-order valence-corrected chi connectivity index (χ0v) is 23.3. The van der Waals surface area contributed by atoms with Crippen LogP contribution in [0.2, 0.25) is 0 Å². The molecule has 2 aromatic heterocycles. The Labute approximate surface area is 231 Å². The summed E-state index contributed by atoms with van der Waals surface area (Å²) in [5.74, 6) is -2.35. The molecule has 0 saturated heterocycles. The zero-order chi connectivity index (χ0) is 29.2. The van der Waals surface area contributed by atoms with E-state index in [0.717, 1.165) is 0 Å². The van der Waals surface area contributed by atoms with Crippen molar-refractivity contribution < 1.29 is 63.6 Å². The number of pyridine rings is 2. The second-order valence-corrected chi connectivity index (χ2v) is 11.9. The minimum Gasteiger partial charge on any atom is -0.459 e. The van der Waals surface area contributed by atoms with E-state index in [0.29, 0.717) is 11.1 Å². The fourth-order valence-corrected chi connectivity index (χ4v) is 4.86. The molecule has 0 spiro atoms. The van der Waals surface area contributed by atoms with Gasteiger partial charge >= 0.3 is 11.9 Å². The average Bonchev–Trinajstić information content (AvgIpc) is 2.87. The first-order chi connectivity index (χ1) is 18.9. The number of rotatable bonds is 8. The van der Waals surface area contributed by atoms with Gasteiger partial charge in [0.25, 0.3) is 20.2 Å². The highest BCUT2D eigenvalue weighted by Crippen LogP contribution is 2.27. The lowest BCUT2D eigenvalue weighted by Gasteiger charge is -2.13. The summed E-state index contributed by atoms with van der Waals surface area (Å²) in [5.41, 5.74) is 0.834. The molecular formula is C24H32N2O12S2+2. The molecule has 1 aliphatic heterocycles. The highest BCUT2D eigenvalue weighted by molar-refractivity contribution is 7.86. The minimum atomic E-state index is -4.16. The molecule has 2 aromatic rings. The number of cyclic esters (lactones) is 2. The van der Waals surface area contributed by atoms with Crippen LogP contribution in [0, 0.1) is 0 Å². The minimum absolute atomic E-state index is 0.0482. The standard InChI is InChI=1S/C24H30N2O12S2/c27-23-21-17-25(5-1-15-39(29,30)31)7-3-19(21)20-4-8-26(6-2-16-40(32,33)34)18-22(20)24(28)38-14-12-36-10-9-35-11-13-37-23/h3-4,7-8,17-18H,1-2,5-6,9-16H2/p+2. The molecule has 3 heterocycles. The summed E-state index contributed by atoms with van der Waals surface area (Å²) in [6, 6.07) is 3.14. The van der Waals surface area contributed by atoms with E-state index < -0.39 is 43.7 Å². The SMILES string of the molecule is O=C1OCCOCCOCCOC(=O)c2c[n+](CCCS(=O)(=O)O)ccc2-c2cc[n+](CCCS(=O)(=O)O)cc21. The zero-order valence-electron chi connectivity index (χ0n) is 21.6. The molecule has 0 amide bonds. The molecule has 0 aromatic carbocycles. The number of esters is 2. The smallest absolute Gasteiger partial charge is 0.344 e. The highest BCUT2D eigenvalue weighted by Gasteiger charge is 2.26. The Bertz CT molecular complexity index is 1300. The van der Waals surface area contributed by atoms with Gasteiger partial charge in [0, 0.05) is 36.1 Å². The summed E-state index contributed by atoms with van der Waals surface area (Å²) in [7, 11) is -8.31. The number of aryl methyl sites for hydroxylation is 2. The maximum absolute atomic E-state index is 13.1. The molecule has 0 atom stereocenters. The van der Waals surface area contributed by atoms with Crippen molar-refractivity contribution in [3.63, 3.8) is 0 Å². The molecule has 220 valence electrons. The van der Waals surface area contributed by atoms with Gasteiger partial charge in [-0.3, -0.25) is 9.11 Å². The van der Waals surface area contributed by atoms with Gasteiger partial charge in [-0.15, -0.1) is 0 Å². The first kappa shape index (κ1) is 31.5. The molecule has 0 bridgehead atoms. The molecule has 16 heteroatoms. The third-order valence-corrected chi connectivity index (χ3v) is 7.31. The number of carbonyl (C=O) groups excluding carboxylic acids is 2. The highest BCUT2D eigenvalue weighted by atomic mass is 32.2. The van der Waals surface area contributed by atoms with Crippen LogP contribution in [0.4, 0.5) is 0 Å². The molecule has 0 unspecified atom stereocenters. The summed E-state index contributed by atoms with van der Waals surface area (Å²) in [6.07, 6.45) is 6.27. The van der Waals surface area contributed by atoms with Gasteiger partial charge in [-0.1, -0.05) is 0 Å². The molecule has 1 aliphatic rings.